The Morgan fingerprint density at radius 2 is 1.88 bits per heavy atom. The van der Waals surface area contributed by atoms with Crippen LogP contribution in [0.25, 0.3) is 0 Å². The molecule has 24 heavy (non-hydrogen) atoms. The molecule has 0 aliphatic heterocycles. The third-order valence-electron chi connectivity index (χ3n) is 2.87. The van der Waals surface area contributed by atoms with Crippen molar-refractivity contribution < 1.29 is 23.8 Å². The zero-order chi connectivity index (χ0) is 17.4. The van der Waals surface area contributed by atoms with Crippen LogP contribution in [0.5, 0.6) is 11.5 Å². The van der Waals surface area contributed by atoms with E-state index in [9.17, 15) is 9.59 Å². The van der Waals surface area contributed by atoms with Gasteiger partial charge in [0.05, 0.1) is 20.4 Å². The minimum atomic E-state index is -0.848. The van der Waals surface area contributed by atoms with Crippen LogP contribution in [-0.2, 0) is 4.74 Å². The zero-order valence-electron chi connectivity index (χ0n) is 13.1. The first-order chi connectivity index (χ1) is 11.6. The first-order valence-electron chi connectivity index (χ1n) is 6.81. The van der Waals surface area contributed by atoms with E-state index in [2.05, 4.69) is 20.2 Å². The van der Waals surface area contributed by atoms with Gasteiger partial charge in [-0.15, -0.1) is 0 Å². The molecule has 0 spiro atoms. The number of rotatable bonds is 5. The van der Waals surface area contributed by atoms with Gasteiger partial charge >= 0.3 is 6.16 Å². The van der Waals surface area contributed by atoms with Gasteiger partial charge in [-0.1, -0.05) is 0 Å². The Labute approximate surface area is 138 Å². The van der Waals surface area contributed by atoms with Gasteiger partial charge in [0.15, 0.2) is 11.5 Å². The third-order valence-corrected chi connectivity index (χ3v) is 2.87. The molecule has 1 aromatic carbocycles. The van der Waals surface area contributed by atoms with Crippen LogP contribution >= 0.6 is 0 Å². The van der Waals surface area contributed by atoms with E-state index in [1.165, 1.54) is 38.9 Å². The van der Waals surface area contributed by atoms with E-state index in [0.29, 0.717) is 16.9 Å². The predicted octanol–water partition coefficient (Wildman–Crippen LogP) is 2.00. The number of amides is 1. The summed E-state index contributed by atoms with van der Waals surface area (Å²) in [6.07, 6.45) is 3.62. The van der Waals surface area contributed by atoms with E-state index >= 15 is 0 Å². The Bertz CT molecular complexity index is 747. The van der Waals surface area contributed by atoms with Crippen LogP contribution in [-0.4, -0.2) is 37.5 Å². The molecule has 0 aliphatic carbocycles. The molecule has 1 N–H and O–H groups in total. The van der Waals surface area contributed by atoms with Gasteiger partial charge in [0.2, 0.25) is 0 Å². The zero-order valence-corrected chi connectivity index (χ0v) is 13.1. The molecule has 1 heterocycles. The van der Waals surface area contributed by atoms with Crippen molar-refractivity contribution in [2.24, 2.45) is 5.10 Å². The summed E-state index contributed by atoms with van der Waals surface area (Å²) in [4.78, 5) is 26.8. The van der Waals surface area contributed by atoms with Crippen molar-refractivity contribution in [3.05, 3.63) is 53.9 Å². The van der Waals surface area contributed by atoms with Gasteiger partial charge < -0.3 is 14.2 Å². The molecule has 2 rings (SSSR count). The summed E-state index contributed by atoms with van der Waals surface area (Å²) in [6, 6.07) is 7.92. The summed E-state index contributed by atoms with van der Waals surface area (Å²) in [6.45, 7) is 0. The Hall–Kier alpha value is -3.42. The SMILES string of the molecule is COC(=O)Oc1ccc(C=NNC(=O)c2ccncc2)cc1OC. The largest absolute Gasteiger partial charge is 0.513 e. The summed E-state index contributed by atoms with van der Waals surface area (Å²) >= 11 is 0. The lowest BCUT2D eigenvalue weighted by Gasteiger charge is -2.08. The average Bonchev–Trinajstić information content (AvgIpc) is 2.63. The highest BCUT2D eigenvalue weighted by atomic mass is 16.7. The average molecular weight is 329 g/mol. The lowest BCUT2D eigenvalue weighted by molar-refractivity contribution is 0.0954. The van der Waals surface area contributed by atoms with Gasteiger partial charge in [-0.2, -0.15) is 5.10 Å². The van der Waals surface area contributed by atoms with Crippen LogP contribution in [0, 0.1) is 0 Å². The van der Waals surface area contributed by atoms with Crippen LogP contribution in [0.15, 0.2) is 47.8 Å². The number of nitrogens with zero attached hydrogens (tertiary/aromatic N) is 2. The molecular formula is C16H15N3O5. The quantitative estimate of drug-likeness (QED) is 0.390. The van der Waals surface area contributed by atoms with E-state index in [-0.39, 0.29) is 11.7 Å². The summed E-state index contributed by atoms with van der Waals surface area (Å²) in [7, 11) is 2.65. The number of methoxy groups -OCH3 is 2. The third kappa shape index (κ3) is 4.54. The standard InChI is InChI=1S/C16H15N3O5/c1-22-14-9-11(3-4-13(14)24-16(21)23-2)10-18-19-15(20)12-5-7-17-8-6-12/h3-10H,1-2H3,(H,19,20). The fraction of sp³-hybridized carbons (Fsp3) is 0.125. The molecular weight excluding hydrogens is 314 g/mol. The fourth-order valence-electron chi connectivity index (χ4n) is 1.71. The van der Waals surface area contributed by atoms with Crippen molar-refractivity contribution in [2.45, 2.75) is 0 Å². The maximum absolute atomic E-state index is 11.8. The second-order valence-electron chi connectivity index (χ2n) is 4.40. The molecule has 124 valence electrons. The molecule has 8 heteroatoms. The number of hydrazone groups is 1. The first-order valence-corrected chi connectivity index (χ1v) is 6.81. The maximum Gasteiger partial charge on any atom is 0.513 e. The number of pyridine rings is 1. The number of aromatic nitrogens is 1. The van der Waals surface area contributed by atoms with Gasteiger partial charge in [-0.05, 0) is 35.9 Å². The van der Waals surface area contributed by atoms with Crippen molar-refractivity contribution in [2.75, 3.05) is 14.2 Å². The molecule has 0 radical (unpaired) electrons. The molecule has 0 saturated heterocycles. The van der Waals surface area contributed by atoms with Crippen molar-refractivity contribution in [1.82, 2.24) is 10.4 Å². The Balaban J connectivity index is 2.04. The smallest absolute Gasteiger partial charge is 0.493 e. The topological polar surface area (TPSA) is 99.1 Å². The molecule has 1 amide bonds. The summed E-state index contributed by atoms with van der Waals surface area (Å²) < 4.78 is 14.5. The second kappa shape index (κ2) is 8.28. The van der Waals surface area contributed by atoms with Gasteiger partial charge in [-0.25, -0.2) is 10.2 Å². The van der Waals surface area contributed by atoms with E-state index in [1.54, 1.807) is 24.3 Å². The minimum absolute atomic E-state index is 0.210. The number of ether oxygens (including phenoxy) is 3. The maximum atomic E-state index is 11.8. The highest BCUT2D eigenvalue weighted by Gasteiger charge is 2.10. The molecule has 0 saturated carbocycles. The van der Waals surface area contributed by atoms with Gasteiger partial charge in [-0.3, -0.25) is 9.78 Å². The van der Waals surface area contributed by atoms with Crippen molar-refractivity contribution in [3.63, 3.8) is 0 Å². The van der Waals surface area contributed by atoms with Crippen LogP contribution in [0.1, 0.15) is 15.9 Å². The molecule has 0 fully saturated rings. The highest BCUT2D eigenvalue weighted by Crippen LogP contribution is 2.27. The van der Waals surface area contributed by atoms with E-state index in [4.69, 9.17) is 9.47 Å². The Morgan fingerprint density at radius 3 is 2.54 bits per heavy atom. The monoisotopic (exact) mass is 329 g/mol. The van der Waals surface area contributed by atoms with Crippen molar-refractivity contribution >= 4 is 18.3 Å². The molecule has 0 unspecified atom stereocenters. The Kier molecular flexibility index (Phi) is 5.84. The van der Waals surface area contributed by atoms with Gasteiger partial charge in [0, 0.05) is 18.0 Å². The molecule has 0 atom stereocenters. The number of carbonyl (C=O) groups excluding carboxylic acids is 2. The normalized spacial score (nSPS) is 10.2. The minimum Gasteiger partial charge on any atom is -0.493 e. The Morgan fingerprint density at radius 1 is 1.12 bits per heavy atom. The number of nitrogens with one attached hydrogen (secondary N) is 1. The molecule has 8 nitrogen and oxygen atoms in total. The van der Waals surface area contributed by atoms with Crippen molar-refractivity contribution in [3.8, 4) is 11.5 Å². The molecule has 2 aromatic rings. The van der Waals surface area contributed by atoms with Crippen molar-refractivity contribution in [1.29, 1.82) is 0 Å². The molecule has 0 bridgehead atoms. The van der Waals surface area contributed by atoms with Crippen LogP contribution in [0.3, 0.4) is 0 Å². The highest BCUT2D eigenvalue weighted by molar-refractivity contribution is 5.94. The molecule has 1 aromatic heterocycles. The lowest BCUT2D eigenvalue weighted by Crippen LogP contribution is -2.17. The van der Waals surface area contributed by atoms with E-state index < -0.39 is 6.16 Å². The molecule has 0 aliphatic rings. The van der Waals surface area contributed by atoms with E-state index in [0.717, 1.165) is 0 Å². The van der Waals surface area contributed by atoms with Gasteiger partial charge in [0.1, 0.15) is 0 Å². The first kappa shape index (κ1) is 16.9. The number of carbonyl (C=O) groups is 2. The van der Waals surface area contributed by atoms with Crippen LogP contribution in [0.2, 0.25) is 0 Å². The summed E-state index contributed by atoms with van der Waals surface area (Å²) in [5.74, 6) is 0.179. The second-order valence-corrected chi connectivity index (χ2v) is 4.40. The summed E-state index contributed by atoms with van der Waals surface area (Å²) in [5.41, 5.74) is 3.48. The predicted molar refractivity (Wildman–Crippen MR) is 85.3 cm³/mol. The van der Waals surface area contributed by atoms with Gasteiger partial charge in [0.25, 0.3) is 5.91 Å². The summed E-state index contributed by atoms with van der Waals surface area (Å²) in [5, 5.41) is 3.87. The number of benzene rings is 1. The lowest BCUT2D eigenvalue weighted by atomic mass is 10.2. The van der Waals surface area contributed by atoms with Crippen LogP contribution in [0.4, 0.5) is 4.79 Å². The fourth-order valence-corrected chi connectivity index (χ4v) is 1.71. The number of hydrogen-bond acceptors (Lipinski definition) is 7. The van der Waals surface area contributed by atoms with E-state index in [1.807, 2.05) is 0 Å². The van der Waals surface area contributed by atoms with Crippen LogP contribution < -0.4 is 14.9 Å². The number of hydrogen-bond donors (Lipinski definition) is 1.